The van der Waals surface area contributed by atoms with Crippen LogP contribution in [0.2, 0.25) is 0 Å². The summed E-state index contributed by atoms with van der Waals surface area (Å²) in [7, 11) is 0. The number of nitrogens with zero attached hydrogens (tertiary/aromatic N) is 1. The maximum absolute atomic E-state index is 13.5. The van der Waals surface area contributed by atoms with Crippen molar-refractivity contribution in [1.82, 2.24) is 0 Å². The van der Waals surface area contributed by atoms with Crippen LogP contribution in [0.25, 0.3) is 0 Å². The Kier molecular flexibility index (Phi) is 5.04. The van der Waals surface area contributed by atoms with E-state index >= 15 is 0 Å². The lowest BCUT2D eigenvalue weighted by Gasteiger charge is -2.24. The molecule has 1 N–H and O–H groups in total. The number of aliphatic hydroxyl groups is 1. The van der Waals surface area contributed by atoms with Crippen molar-refractivity contribution in [3.63, 3.8) is 0 Å². The molecule has 1 aromatic carbocycles. The Balaban J connectivity index is 3.04. The third-order valence-electron chi connectivity index (χ3n) is 2.34. The molecular weight excluding hydrogens is 276 g/mol. The molecular formula is C11H11F6NO. The zero-order valence-corrected chi connectivity index (χ0v) is 9.59. The molecule has 1 aromatic rings. The van der Waals surface area contributed by atoms with Crippen molar-refractivity contribution in [3.8, 4) is 0 Å². The standard InChI is InChI=1S/C11H11F6NO/c12-8-5-7(11(15,16)17)1-2-9(8)18(3-4-19)6-10(13)14/h1-2,5,10,19H,3-4,6H2. The van der Waals surface area contributed by atoms with E-state index in [2.05, 4.69) is 0 Å². The van der Waals surface area contributed by atoms with Gasteiger partial charge in [0.25, 0.3) is 6.43 Å². The molecule has 108 valence electrons. The normalized spacial score (nSPS) is 12.0. The summed E-state index contributed by atoms with van der Waals surface area (Å²) in [6.07, 6.45) is -7.50. The van der Waals surface area contributed by atoms with Gasteiger partial charge in [-0.15, -0.1) is 0 Å². The van der Waals surface area contributed by atoms with E-state index < -0.39 is 42.8 Å². The van der Waals surface area contributed by atoms with Gasteiger partial charge in [0.05, 0.1) is 24.4 Å². The van der Waals surface area contributed by atoms with Gasteiger partial charge in [-0.3, -0.25) is 0 Å². The Bertz CT molecular complexity index is 420. The lowest BCUT2D eigenvalue weighted by Crippen LogP contribution is -2.32. The van der Waals surface area contributed by atoms with E-state index in [1.165, 1.54) is 0 Å². The van der Waals surface area contributed by atoms with Gasteiger partial charge in [0.2, 0.25) is 0 Å². The molecule has 0 spiro atoms. The van der Waals surface area contributed by atoms with Crippen LogP contribution in [0.1, 0.15) is 5.56 Å². The van der Waals surface area contributed by atoms with Crippen molar-refractivity contribution in [2.24, 2.45) is 0 Å². The molecule has 0 bridgehead atoms. The number of anilines is 1. The van der Waals surface area contributed by atoms with E-state index in [9.17, 15) is 26.3 Å². The first-order chi connectivity index (χ1) is 8.75. The van der Waals surface area contributed by atoms with Gasteiger partial charge >= 0.3 is 6.18 Å². The summed E-state index contributed by atoms with van der Waals surface area (Å²) < 4.78 is 75.0. The SMILES string of the molecule is OCCN(CC(F)F)c1ccc(C(F)(F)F)cc1F. The Morgan fingerprint density at radius 2 is 1.84 bits per heavy atom. The van der Waals surface area contributed by atoms with Crippen LogP contribution in [0.5, 0.6) is 0 Å². The van der Waals surface area contributed by atoms with Gasteiger partial charge in [0.1, 0.15) is 5.82 Å². The molecule has 0 atom stereocenters. The molecule has 0 aliphatic carbocycles. The minimum Gasteiger partial charge on any atom is -0.395 e. The Morgan fingerprint density at radius 1 is 1.21 bits per heavy atom. The average Bonchev–Trinajstić information content (AvgIpc) is 2.26. The summed E-state index contributed by atoms with van der Waals surface area (Å²) in [6.45, 7) is -1.69. The van der Waals surface area contributed by atoms with Gasteiger partial charge in [0.15, 0.2) is 0 Å². The number of hydrogen-bond donors (Lipinski definition) is 1. The predicted octanol–water partition coefficient (Wildman–Crippen LogP) is 2.91. The first-order valence-electron chi connectivity index (χ1n) is 5.26. The third-order valence-corrected chi connectivity index (χ3v) is 2.34. The van der Waals surface area contributed by atoms with Crippen molar-refractivity contribution >= 4 is 5.69 Å². The first kappa shape index (κ1) is 15.6. The topological polar surface area (TPSA) is 23.5 Å². The van der Waals surface area contributed by atoms with Gasteiger partial charge in [0, 0.05) is 6.54 Å². The van der Waals surface area contributed by atoms with Crippen LogP contribution in [-0.4, -0.2) is 31.2 Å². The molecule has 0 fully saturated rings. The summed E-state index contributed by atoms with van der Waals surface area (Å²) in [4.78, 5) is 0.792. The highest BCUT2D eigenvalue weighted by Crippen LogP contribution is 2.32. The van der Waals surface area contributed by atoms with Crippen molar-refractivity contribution in [2.75, 3.05) is 24.6 Å². The number of halogens is 6. The number of aliphatic hydroxyl groups excluding tert-OH is 1. The van der Waals surface area contributed by atoms with Crippen molar-refractivity contribution in [1.29, 1.82) is 0 Å². The van der Waals surface area contributed by atoms with E-state index in [1.807, 2.05) is 0 Å². The number of alkyl halides is 5. The minimum absolute atomic E-state index is 0.241. The van der Waals surface area contributed by atoms with Crippen molar-refractivity contribution < 1.29 is 31.4 Å². The molecule has 0 unspecified atom stereocenters. The van der Waals surface area contributed by atoms with E-state index in [-0.39, 0.29) is 12.6 Å². The fraction of sp³-hybridized carbons (Fsp3) is 0.455. The molecule has 1 rings (SSSR count). The van der Waals surface area contributed by atoms with Crippen LogP contribution in [0, 0.1) is 5.82 Å². The fourth-order valence-electron chi connectivity index (χ4n) is 1.54. The second kappa shape index (κ2) is 6.14. The first-order valence-corrected chi connectivity index (χ1v) is 5.26. The second-order valence-corrected chi connectivity index (χ2v) is 3.72. The van der Waals surface area contributed by atoms with Crippen molar-refractivity contribution in [3.05, 3.63) is 29.6 Å². The molecule has 0 aliphatic heterocycles. The van der Waals surface area contributed by atoms with E-state index in [4.69, 9.17) is 5.11 Å². The van der Waals surface area contributed by atoms with Gasteiger partial charge in [-0.1, -0.05) is 0 Å². The summed E-state index contributed by atoms with van der Waals surface area (Å²) in [6, 6.07) is 1.62. The minimum atomic E-state index is -4.70. The maximum atomic E-state index is 13.5. The van der Waals surface area contributed by atoms with Crippen LogP contribution in [0.3, 0.4) is 0 Å². The van der Waals surface area contributed by atoms with Crippen LogP contribution in [-0.2, 0) is 6.18 Å². The molecule has 0 radical (unpaired) electrons. The largest absolute Gasteiger partial charge is 0.416 e. The van der Waals surface area contributed by atoms with Crippen LogP contribution in [0.4, 0.5) is 32.0 Å². The number of rotatable bonds is 5. The highest BCUT2D eigenvalue weighted by atomic mass is 19.4. The lowest BCUT2D eigenvalue weighted by molar-refractivity contribution is -0.137. The Hall–Kier alpha value is -1.44. The Morgan fingerprint density at radius 3 is 2.26 bits per heavy atom. The van der Waals surface area contributed by atoms with E-state index in [1.54, 1.807) is 0 Å². The zero-order chi connectivity index (χ0) is 14.6. The molecule has 0 aliphatic rings. The van der Waals surface area contributed by atoms with Gasteiger partial charge in [-0.05, 0) is 18.2 Å². The molecule has 0 heterocycles. The summed E-state index contributed by atoms with van der Waals surface area (Å²) in [5, 5.41) is 8.70. The van der Waals surface area contributed by atoms with Gasteiger partial charge in [-0.25, -0.2) is 13.2 Å². The third kappa shape index (κ3) is 4.30. The molecule has 19 heavy (non-hydrogen) atoms. The zero-order valence-electron chi connectivity index (χ0n) is 9.59. The van der Waals surface area contributed by atoms with Crippen molar-refractivity contribution in [2.45, 2.75) is 12.6 Å². The van der Waals surface area contributed by atoms with Gasteiger partial charge in [-0.2, -0.15) is 13.2 Å². The quantitative estimate of drug-likeness (QED) is 0.842. The molecule has 2 nitrogen and oxygen atoms in total. The average molecular weight is 287 g/mol. The monoisotopic (exact) mass is 287 g/mol. The highest BCUT2D eigenvalue weighted by Gasteiger charge is 2.31. The lowest BCUT2D eigenvalue weighted by atomic mass is 10.1. The number of benzene rings is 1. The molecule has 0 saturated heterocycles. The summed E-state index contributed by atoms with van der Waals surface area (Å²) >= 11 is 0. The second-order valence-electron chi connectivity index (χ2n) is 3.72. The molecule has 0 aromatic heterocycles. The molecule has 8 heteroatoms. The smallest absolute Gasteiger partial charge is 0.395 e. The summed E-state index contributed by atoms with van der Waals surface area (Å²) in [5.41, 5.74) is -1.60. The predicted molar refractivity (Wildman–Crippen MR) is 56.7 cm³/mol. The summed E-state index contributed by atoms with van der Waals surface area (Å²) in [5.74, 6) is -1.26. The van der Waals surface area contributed by atoms with Crippen LogP contribution < -0.4 is 4.90 Å². The maximum Gasteiger partial charge on any atom is 0.416 e. The Labute approximate surface area is 105 Å². The highest BCUT2D eigenvalue weighted by molar-refractivity contribution is 5.49. The molecule has 0 saturated carbocycles. The van der Waals surface area contributed by atoms with Crippen LogP contribution >= 0.6 is 0 Å². The fourth-order valence-corrected chi connectivity index (χ4v) is 1.54. The molecule has 0 amide bonds. The van der Waals surface area contributed by atoms with E-state index in [0.29, 0.717) is 6.07 Å². The number of hydrogen-bond acceptors (Lipinski definition) is 2. The van der Waals surface area contributed by atoms with Gasteiger partial charge < -0.3 is 10.0 Å². The van der Waals surface area contributed by atoms with E-state index in [0.717, 1.165) is 11.0 Å². The van der Waals surface area contributed by atoms with Crippen LogP contribution in [0.15, 0.2) is 18.2 Å².